The summed E-state index contributed by atoms with van der Waals surface area (Å²) in [4.78, 5) is 10.4. The van der Waals surface area contributed by atoms with E-state index in [9.17, 15) is 4.79 Å². The van der Waals surface area contributed by atoms with E-state index in [1.165, 1.54) is 10.9 Å². The number of hydrogen-bond acceptors (Lipinski definition) is 5. The highest BCUT2D eigenvalue weighted by Crippen LogP contribution is 1.91. The Kier molecular flexibility index (Phi) is 4.02. The van der Waals surface area contributed by atoms with Crippen LogP contribution in [0.3, 0.4) is 0 Å². The van der Waals surface area contributed by atoms with Crippen LogP contribution in [-0.2, 0) is 6.54 Å². The van der Waals surface area contributed by atoms with E-state index in [0.717, 1.165) is 6.54 Å². The Morgan fingerprint density at radius 1 is 1.64 bits per heavy atom. The molecule has 0 aromatic carbocycles. The summed E-state index contributed by atoms with van der Waals surface area (Å²) in [7, 11) is 0. The van der Waals surface area contributed by atoms with Crippen molar-refractivity contribution in [3.8, 4) is 0 Å². The van der Waals surface area contributed by atoms with E-state index >= 15 is 0 Å². The minimum atomic E-state index is -1.06. The second-order valence-corrected chi connectivity index (χ2v) is 2.71. The van der Waals surface area contributed by atoms with Crippen LogP contribution in [0.1, 0.15) is 10.5 Å². The van der Waals surface area contributed by atoms with Crippen molar-refractivity contribution in [2.75, 3.05) is 19.6 Å². The van der Waals surface area contributed by atoms with E-state index in [-0.39, 0.29) is 5.69 Å². The molecule has 0 aliphatic rings. The number of nitrogens with zero attached hydrogens (tertiary/aromatic N) is 3. The van der Waals surface area contributed by atoms with Crippen LogP contribution in [0.4, 0.5) is 0 Å². The number of carboxylic acids is 1. The highest BCUT2D eigenvalue weighted by atomic mass is 16.4. The predicted octanol–water partition coefficient (Wildman–Crippen LogP) is -1.48. The third-order valence-electron chi connectivity index (χ3n) is 1.60. The van der Waals surface area contributed by atoms with Gasteiger partial charge in [0.25, 0.3) is 0 Å². The van der Waals surface area contributed by atoms with Crippen LogP contribution >= 0.6 is 0 Å². The number of rotatable bonds is 6. The molecule has 78 valence electrons. The second kappa shape index (κ2) is 5.30. The molecule has 0 saturated carbocycles. The van der Waals surface area contributed by atoms with E-state index in [1.54, 1.807) is 0 Å². The zero-order chi connectivity index (χ0) is 10.4. The van der Waals surface area contributed by atoms with Gasteiger partial charge in [-0.05, 0) is 0 Å². The van der Waals surface area contributed by atoms with Gasteiger partial charge in [-0.25, -0.2) is 4.79 Å². The number of aromatic nitrogens is 3. The maximum absolute atomic E-state index is 10.4. The van der Waals surface area contributed by atoms with Crippen LogP contribution in [0.25, 0.3) is 0 Å². The lowest BCUT2D eigenvalue weighted by Crippen LogP contribution is -2.26. The number of nitrogens with one attached hydrogen (secondary N) is 1. The topological polar surface area (TPSA) is 106 Å². The minimum Gasteiger partial charge on any atom is -0.476 e. The fraction of sp³-hybridized carbons (Fsp3) is 0.571. The molecule has 1 aromatic rings. The van der Waals surface area contributed by atoms with E-state index in [1.807, 2.05) is 0 Å². The van der Waals surface area contributed by atoms with E-state index < -0.39 is 5.97 Å². The first kappa shape index (κ1) is 10.6. The fourth-order valence-electron chi connectivity index (χ4n) is 0.926. The first-order valence-electron chi connectivity index (χ1n) is 4.28. The van der Waals surface area contributed by atoms with Crippen LogP contribution in [0.5, 0.6) is 0 Å². The normalized spacial score (nSPS) is 10.4. The van der Waals surface area contributed by atoms with Crippen LogP contribution in [0.2, 0.25) is 0 Å². The number of carboxylic acid groups (broad SMARTS) is 1. The van der Waals surface area contributed by atoms with Crippen molar-refractivity contribution in [2.45, 2.75) is 6.54 Å². The fourth-order valence-corrected chi connectivity index (χ4v) is 0.926. The van der Waals surface area contributed by atoms with Gasteiger partial charge in [0.2, 0.25) is 0 Å². The van der Waals surface area contributed by atoms with Crippen molar-refractivity contribution in [1.29, 1.82) is 0 Å². The molecule has 4 N–H and O–H groups in total. The molecule has 0 aliphatic heterocycles. The number of nitrogens with two attached hydrogens (primary N) is 1. The standard InChI is InChI=1S/C7H13N5O2/c8-1-2-9-3-4-12-5-6(7(13)14)10-11-12/h5,9H,1-4,8H2,(H,13,14). The smallest absolute Gasteiger partial charge is 0.358 e. The molecule has 0 unspecified atom stereocenters. The molecular weight excluding hydrogens is 186 g/mol. The van der Waals surface area contributed by atoms with Gasteiger partial charge in [-0.15, -0.1) is 5.10 Å². The molecule has 0 amide bonds. The molecule has 1 rings (SSSR count). The van der Waals surface area contributed by atoms with Crippen LogP contribution in [0.15, 0.2) is 6.20 Å². The second-order valence-electron chi connectivity index (χ2n) is 2.71. The SMILES string of the molecule is NCCNCCn1cc(C(=O)O)nn1. The number of carbonyl (C=O) groups is 1. The molecule has 0 bridgehead atoms. The Balaban J connectivity index is 2.33. The number of hydrogen-bond donors (Lipinski definition) is 3. The Bertz CT molecular complexity index is 298. The zero-order valence-electron chi connectivity index (χ0n) is 7.68. The van der Waals surface area contributed by atoms with Crippen molar-refractivity contribution < 1.29 is 9.90 Å². The molecule has 0 saturated heterocycles. The summed E-state index contributed by atoms with van der Waals surface area (Å²) in [6, 6.07) is 0. The van der Waals surface area contributed by atoms with Crippen LogP contribution < -0.4 is 11.1 Å². The van der Waals surface area contributed by atoms with Crippen molar-refractivity contribution in [3.05, 3.63) is 11.9 Å². The van der Waals surface area contributed by atoms with Crippen molar-refractivity contribution in [2.24, 2.45) is 5.73 Å². The minimum absolute atomic E-state index is 0.0381. The largest absolute Gasteiger partial charge is 0.476 e. The summed E-state index contributed by atoms with van der Waals surface area (Å²) in [5.74, 6) is -1.06. The van der Waals surface area contributed by atoms with Gasteiger partial charge >= 0.3 is 5.97 Å². The quantitative estimate of drug-likeness (QED) is 0.483. The first-order valence-corrected chi connectivity index (χ1v) is 4.28. The van der Waals surface area contributed by atoms with Crippen LogP contribution in [0, 0.1) is 0 Å². The summed E-state index contributed by atoms with van der Waals surface area (Å²) in [6.07, 6.45) is 1.40. The van der Waals surface area contributed by atoms with Gasteiger partial charge in [-0.1, -0.05) is 5.21 Å². The van der Waals surface area contributed by atoms with E-state index in [0.29, 0.717) is 19.6 Å². The molecule has 0 radical (unpaired) electrons. The summed E-state index contributed by atoms with van der Waals surface area (Å²) >= 11 is 0. The average molecular weight is 199 g/mol. The van der Waals surface area contributed by atoms with Gasteiger partial charge in [0.05, 0.1) is 12.7 Å². The zero-order valence-corrected chi connectivity index (χ0v) is 7.68. The maximum Gasteiger partial charge on any atom is 0.358 e. The van der Waals surface area contributed by atoms with Gasteiger partial charge < -0.3 is 16.2 Å². The van der Waals surface area contributed by atoms with Crippen molar-refractivity contribution in [1.82, 2.24) is 20.3 Å². The molecule has 1 heterocycles. The molecule has 0 atom stereocenters. The summed E-state index contributed by atoms with van der Waals surface area (Å²) < 4.78 is 1.48. The van der Waals surface area contributed by atoms with Gasteiger partial charge in [-0.2, -0.15) is 0 Å². The third-order valence-corrected chi connectivity index (χ3v) is 1.60. The van der Waals surface area contributed by atoms with Gasteiger partial charge in [-0.3, -0.25) is 4.68 Å². The number of aromatic carboxylic acids is 1. The van der Waals surface area contributed by atoms with Gasteiger partial charge in [0.15, 0.2) is 5.69 Å². The van der Waals surface area contributed by atoms with Crippen LogP contribution in [-0.4, -0.2) is 45.7 Å². The Morgan fingerprint density at radius 3 is 3.00 bits per heavy atom. The summed E-state index contributed by atoms with van der Waals surface area (Å²) in [5, 5.41) is 18.7. The highest BCUT2D eigenvalue weighted by molar-refractivity contribution is 5.84. The monoisotopic (exact) mass is 199 g/mol. The van der Waals surface area contributed by atoms with E-state index in [2.05, 4.69) is 15.6 Å². The summed E-state index contributed by atoms with van der Waals surface area (Å²) in [5.41, 5.74) is 5.24. The molecular formula is C7H13N5O2. The highest BCUT2D eigenvalue weighted by Gasteiger charge is 2.07. The molecule has 0 aliphatic carbocycles. The Morgan fingerprint density at radius 2 is 2.43 bits per heavy atom. The lowest BCUT2D eigenvalue weighted by molar-refractivity contribution is 0.0690. The Hall–Kier alpha value is -1.47. The van der Waals surface area contributed by atoms with Gasteiger partial charge in [0.1, 0.15) is 0 Å². The van der Waals surface area contributed by atoms with Crippen molar-refractivity contribution >= 4 is 5.97 Å². The molecule has 0 spiro atoms. The average Bonchev–Trinajstić information content (AvgIpc) is 2.61. The summed E-state index contributed by atoms with van der Waals surface area (Å²) in [6.45, 7) is 2.60. The molecule has 1 aromatic heterocycles. The third kappa shape index (κ3) is 3.11. The maximum atomic E-state index is 10.4. The molecule has 0 fully saturated rings. The molecule has 14 heavy (non-hydrogen) atoms. The van der Waals surface area contributed by atoms with Gasteiger partial charge in [0, 0.05) is 19.6 Å². The van der Waals surface area contributed by atoms with E-state index in [4.69, 9.17) is 10.8 Å². The molecule has 7 nitrogen and oxygen atoms in total. The lowest BCUT2D eigenvalue weighted by Gasteiger charge is -2.01. The predicted molar refractivity (Wildman–Crippen MR) is 48.9 cm³/mol. The first-order chi connectivity index (χ1) is 6.74. The Labute approximate surface area is 80.9 Å². The lowest BCUT2D eigenvalue weighted by atomic mass is 10.5. The molecule has 7 heteroatoms. The van der Waals surface area contributed by atoms with Crippen molar-refractivity contribution in [3.63, 3.8) is 0 Å².